The fraction of sp³-hybridized carbons (Fsp3) is 0.238. The molecule has 5 nitrogen and oxygen atoms in total. The van der Waals surface area contributed by atoms with Crippen LogP contribution in [0.25, 0.3) is 6.08 Å². The number of methoxy groups -OCH3 is 2. The van der Waals surface area contributed by atoms with Crippen molar-refractivity contribution in [2.75, 3.05) is 14.2 Å². The minimum absolute atomic E-state index is 0.318. The second-order valence-electron chi connectivity index (χ2n) is 5.66. The highest BCUT2D eigenvalue weighted by atomic mass is 16.5. The fourth-order valence-electron chi connectivity index (χ4n) is 2.53. The molecular formula is C21H23NO4. The molecule has 2 aromatic carbocycles. The van der Waals surface area contributed by atoms with Crippen molar-refractivity contribution in [3.8, 4) is 0 Å². The number of nitrogens with one attached hydrogen (secondary N) is 1. The number of rotatable bonds is 8. The third kappa shape index (κ3) is 5.57. The lowest BCUT2D eigenvalue weighted by Gasteiger charge is -2.20. The van der Waals surface area contributed by atoms with Crippen molar-refractivity contribution in [3.63, 3.8) is 0 Å². The number of benzene rings is 2. The van der Waals surface area contributed by atoms with Gasteiger partial charge in [0.15, 0.2) is 6.10 Å². The number of amides is 1. The minimum Gasteiger partial charge on any atom is -0.467 e. The topological polar surface area (TPSA) is 64.6 Å². The molecule has 1 N–H and O–H groups in total. The van der Waals surface area contributed by atoms with Crippen LogP contribution in [0.4, 0.5) is 0 Å². The molecule has 2 rings (SSSR count). The molecule has 0 unspecified atom stereocenters. The number of carbonyl (C=O) groups excluding carboxylic acids is 2. The summed E-state index contributed by atoms with van der Waals surface area (Å²) < 4.78 is 10.1. The molecule has 0 spiro atoms. The van der Waals surface area contributed by atoms with Crippen LogP contribution in [0.3, 0.4) is 0 Å². The summed E-state index contributed by atoms with van der Waals surface area (Å²) >= 11 is 0. The summed E-state index contributed by atoms with van der Waals surface area (Å²) in [4.78, 5) is 24.6. The van der Waals surface area contributed by atoms with Gasteiger partial charge in [-0.1, -0.05) is 72.8 Å². The van der Waals surface area contributed by atoms with E-state index in [9.17, 15) is 9.59 Å². The van der Waals surface area contributed by atoms with E-state index >= 15 is 0 Å². The van der Waals surface area contributed by atoms with E-state index in [0.29, 0.717) is 6.42 Å². The second kappa shape index (κ2) is 10.2. The zero-order valence-electron chi connectivity index (χ0n) is 14.9. The van der Waals surface area contributed by atoms with E-state index in [2.05, 4.69) is 5.32 Å². The zero-order valence-corrected chi connectivity index (χ0v) is 14.9. The first-order valence-corrected chi connectivity index (χ1v) is 8.33. The van der Waals surface area contributed by atoms with Gasteiger partial charge in [-0.15, -0.1) is 0 Å². The monoisotopic (exact) mass is 353 g/mol. The third-order valence-corrected chi connectivity index (χ3v) is 3.86. The number of esters is 1. The Bertz CT molecular complexity index is 728. The van der Waals surface area contributed by atoms with E-state index in [4.69, 9.17) is 9.47 Å². The summed E-state index contributed by atoms with van der Waals surface area (Å²) in [5.41, 5.74) is 1.73. The summed E-state index contributed by atoms with van der Waals surface area (Å²) in [5, 5.41) is 2.71. The first-order valence-electron chi connectivity index (χ1n) is 8.33. The van der Waals surface area contributed by atoms with Crippen molar-refractivity contribution in [2.24, 2.45) is 0 Å². The van der Waals surface area contributed by atoms with Crippen LogP contribution in [-0.4, -0.2) is 32.1 Å². The predicted octanol–water partition coefficient (Wildman–Crippen LogP) is 3.14. The zero-order chi connectivity index (χ0) is 18.8. The molecule has 0 aromatic heterocycles. The quantitative estimate of drug-likeness (QED) is 0.741. The van der Waals surface area contributed by atoms with E-state index in [1.807, 2.05) is 60.7 Å². The van der Waals surface area contributed by atoms with Gasteiger partial charge in [0.2, 0.25) is 0 Å². The Balaban J connectivity index is 2.05. The van der Waals surface area contributed by atoms with Crippen molar-refractivity contribution in [3.05, 3.63) is 77.9 Å². The summed E-state index contributed by atoms with van der Waals surface area (Å²) in [6, 6.07) is 18.1. The molecule has 0 fully saturated rings. The van der Waals surface area contributed by atoms with Gasteiger partial charge in [0.25, 0.3) is 5.91 Å². The molecule has 2 atom stereocenters. The van der Waals surface area contributed by atoms with Crippen molar-refractivity contribution in [1.82, 2.24) is 5.32 Å². The maximum Gasteiger partial charge on any atom is 0.328 e. The van der Waals surface area contributed by atoms with Gasteiger partial charge in [0, 0.05) is 7.11 Å². The van der Waals surface area contributed by atoms with E-state index in [-0.39, 0.29) is 5.91 Å². The summed E-state index contributed by atoms with van der Waals surface area (Å²) in [6.07, 6.45) is 3.26. The highest BCUT2D eigenvalue weighted by Gasteiger charge is 2.26. The molecule has 0 saturated heterocycles. The molecule has 5 heteroatoms. The summed E-state index contributed by atoms with van der Waals surface area (Å²) in [5.74, 6) is -0.888. The Hall–Kier alpha value is -2.92. The molecule has 0 saturated carbocycles. The van der Waals surface area contributed by atoms with Crippen LogP contribution in [0.5, 0.6) is 0 Å². The molecule has 26 heavy (non-hydrogen) atoms. The van der Waals surface area contributed by atoms with E-state index in [1.54, 1.807) is 12.1 Å². The number of hydrogen-bond acceptors (Lipinski definition) is 4. The van der Waals surface area contributed by atoms with Gasteiger partial charge < -0.3 is 14.8 Å². The van der Waals surface area contributed by atoms with Crippen LogP contribution in [0.15, 0.2) is 66.7 Å². The van der Waals surface area contributed by atoms with Gasteiger partial charge in [-0.3, -0.25) is 4.79 Å². The minimum atomic E-state index is -0.790. The summed E-state index contributed by atoms with van der Waals surface area (Å²) in [7, 11) is 2.76. The predicted molar refractivity (Wildman–Crippen MR) is 100 cm³/mol. The van der Waals surface area contributed by atoms with Gasteiger partial charge in [0.05, 0.1) is 7.11 Å². The van der Waals surface area contributed by atoms with Crippen LogP contribution < -0.4 is 5.32 Å². The van der Waals surface area contributed by atoms with E-state index in [0.717, 1.165) is 11.1 Å². The van der Waals surface area contributed by atoms with E-state index < -0.39 is 18.1 Å². The van der Waals surface area contributed by atoms with Crippen LogP contribution >= 0.6 is 0 Å². The second-order valence-corrected chi connectivity index (χ2v) is 5.66. The summed E-state index contributed by atoms with van der Waals surface area (Å²) in [6.45, 7) is 0. The molecule has 0 bridgehead atoms. The smallest absolute Gasteiger partial charge is 0.328 e. The largest absolute Gasteiger partial charge is 0.467 e. The van der Waals surface area contributed by atoms with Crippen LogP contribution in [0, 0.1) is 0 Å². The SMILES string of the molecule is COC(=O)[C@@H](C/C=C/c1ccccc1)NC(=O)[C@@H](OC)c1ccccc1. The first kappa shape index (κ1) is 19.4. The third-order valence-electron chi connectivity index (χ3n) is 3.86. The Labute approximate surface area is 153 Å². The van der Waals surface area contributed by atoms with Crippen molar-refractivity contribution in [2.45, 2.75) is 18.6 Å². The highest BCUT2D eigenvalue weighted by molar-refractivity contribution is 5.87. The van der Waals surface area contributed by atoms with E-state index in [1.165, 1.54) is 14.2 Å². The Morgan fingerprint density at radius 2 is 1.62 bits per heavy atom. The van der Waals surface area contributed by atoms with Crippen LogP contribution in [0.2, 0.25) is 0 Å². The Morgan fingerprint density at radius 1 is 1.00 bits per heavy atom. The lowest BCUT2D eigenvalue weighted by Crippen LogP contribution is -2.43. The lowest BCUT2D eigenvalue weighted by molar-refractivity contribution is -0.146. The van der Waals surface area contributed by atoms with Crippen molar-refractivity contribution >= 4 is 18.0 Å². The Morgan fingerprint density at radius 3 is 2.19 bits per heavy atom. The standard InChI is InChI=1S/C21H23NO4/c1-25-19(17-13-7-4-8-14-17)20(23)22-18(21(24)26-2)15-9-12-16-10-5-3-6-11-16/h3-14,18-19H,15H2,1-2H3,(H,22,23)/b12-9+/t18-,19+/m1/s1. The molecule has 0 radical (unpaired) electrons. The van der Waals surface area contributed by atoms with Gasteiger partial charge >= 0.3 is 5.97 Å². The highest BCUT2D eigenvalue weighted by Crippen LogP contribution is 2.17. The average molecular weight is 353 g/mol. The average Bonchev–Trinajstić information content (AvgIpc) is 2.69. The van der Waals surface area contributed by atoms with Crippen molar-refractivity contribution < 1.29 is 19.1 Å². The van der Waals surface area contributed by atoms with Crippen molar-refractivity contribution in [1.29, 1.82) is 0 Å². The fourth-order valence-corrected chi connectivity index (χ4v) is 2.53. The number of carbonyl (C=O) groups is 2. The molecule has 0 aliphatic heterocycles. The molecule has 0 aliphatic carbocycles. The van der Waals surface area contributed by atoms with Gasteiger partial charge in [-0.25, -0.2) is 4.79 Å². The van der Waals surface area contributed by atoms with Crippen LogP contribution in [0.1, 0.15) is 23.7 Å². The van der Waals surface area contributed by atoms with Gasteiger partial charge in [-0.05, 0) is 17.5 Å². The molecule has 136 valence electrons. The lowest BCUT2D eigenvalue weighted by atomic mass is 10.1. The number of hydrogen-bond donors (Lipinski definition) is 1. The first-order chi connectivity index (χ1) is 12.7. The maximum atomic E-state index is 12.6. The molecule has 0 heterocycles. The van der Waals surface area contributed by atoms with Crippen LogP contribution in [-0.2, 0) is 19.1 Å². The molecule has 0 aliphatic rings. The van der Waals surface area contributed by atoms with Gasteiger partial charge in [0.1, 0.15) is 6.04 Å². The van der Waals surface area contributed by atoms with Gasteiger partial charge in [-0.2, -0.15) is 0 Å². The molecule has 1 amide bonds. The Kier molecular flexibility index (Phi) is 7.58. The number of ether oxygens (including phenoxy) is 2. The molecular weight excluding hydrogens is 330 g/mol. The normalized spacial score (nSPS) is 13.2. The molecule has 2 aromatic rings. The maximum absolute atomic E-state index is 12.6.